The third kappa shape index (κ3) is 9.12. The van der Waals surface area contributed by atoms with E-state index in [0.29, 0.717) is 12.2 Å². The molecule has 2 aromatic carbocycles. The predicted molar refractivity (Wildman–Crippen MR) is 123 cm³/mol. The van der Waals surface area contributed by atoms with Crippen molar-refractivity contribution >= 4 is 12.1 Å². The van der Waals surface area contributed by atoms with Crippen LogP contribution in [0.15, 0.2) is 53.6 Å². The van der Waals surface area contributed by atoms with Gasteiger partial charge in [-0.1, -0.05) is 64.0 Å². The number of hydrogen-bond acceptors (Lipinski definition) is 4. The second kappa shape index (κ2) is 14.2. The van der Waals surface area contributed by atoms with Crippen LogP contribution < -0.4 is 14.9 Å². The molecule has 0 unspecified atom stereocenters. The lowest BCUT2D eigenvalue weighted by atomic mass is 10.1. The summed E-state index contributed by atoms with van der Waals surface area (Å²) in [4.78, 5) is 12.2. The Labute approximate surface area is 180 Å². The summed E-state index contributed by atoms with van der Waals surface area (Å²) in [5.74, 6) is 1.27. The molecule has 0 aromatic heterocycles. The van der Waals surface area contributed by atoms with Gasteiger partial charge in [0, 0.05) is 5.56 Å². The molecule has 0 bridgehead atoms. The minimum Gasteiger partial charge on any atom is -0.497 e. The number of hydrogen-bond donors (Lipinski definition) is 1. The molecule has 0 atom stereocenters. The summed E-state index contributed by atoms with van der Waals surface area (Å²) in [6.07, 6.45) is 11.8. The van der Waals surface area contributed by atoms with Crippen molar-refractivity contribution in [2.75, 3.05) is 13.7 Å². The molecule has 2 rings (SSSR count). The molecule has 5 nitrogen and oxygen atoms in total. The van der Waals surface area contributed by atoms with Crippen molar-refractivity contribution in [1.29, 1.82) is 0 Å². The highest BCUT2D eigenvalue weighted by Gasteiger charge is 2.04. The van der Waals surface area contributed by atoms with Crippen LogP contribution in [0.3, 0.4) is 0 Å². The Morgan fingerprint density at radius 1 is 0.933 bits per heavy atom. The van der Waals surface area contributed by atoms with Gasteiger partial charge in [0.15, 0.2) is 0 Å². The molecule has 1 amide bonds. The molecule has 0 fully saturated rings. The molecule has 0 aliphatic carbocycles. The fourth-order valence-electron chi connectivity index (χ4n) is 3.08. The number of nitrogens with zero attached hydrogens (tertiary/aromatic N) is 1. The number of benzene rings is 2. The molecular formula is C25H34N2O3. The SMILES string of the molecule is CCCCCCCCCCOc1ccc(C(=O)N/N=C/c2cccc(OC)c2)cc1. The van der Waals surface area contributed by atoms with E-state index in [-0.39, 0.29) is 5.91 Å². The van der Waals surface area contributed by atoms with Crippen molar-refractivity contribution in [3.63, 3.8) is 0 Å². The molecule has 0 heterocycles. The van der Waals surface area contributed by atoms with Crippen molar-refractivity contribution < 1.29 is 14.3 Å². The van der Waals surface area contributed by atoms with Crippen molar-refractivity contribution in [2.45, 2.75) is 58.3 Å². The number of nitrogens with one attached hydrogen (secondary N) is 1. The first kappa shape index (κ1) is 23.5. The monoisotopic (exact) mass is 410 g/mol. The van der Waals surface area contributed by atoms with Gasteiger partial charge in [-0.25, -0.2) is 5.43 Å². The Balaban J connectivity index is 1.65. The number of carbonyl (C=O) groups excluding carboxylic acids is 1. The molecule has 0 saturated heterocycles. The number of carbonyl (C=O) groups is 1. The van der Waals surface area contributed by atoms with Gasteiger partial charge in [-0.3, -0.25) is 4.79 Å². The van der Waals surface area contributed by atoms with Crippen LogP contribution in [0.25, 0.3) is 0 Å². The van der Waals surface area contributed by atoms with E-state index in [1.165, 1.54) is 44.9 Å². The maximum absolute atomic E-state index is 12.2. The highest BCUT2D eigenvalue weighted by molar-refractivity contribution is 5.95. The number of amides is 1. The largest absolute Gasteiger partial charge is 0.497 e. The van der Waals surface area contributed by atoms with Gasteiger partial charge in [-0.05, 0) is 48.4 Å². The van der Waals surface area contributed by atoms with E-state index >= 15 is 0 Å². The fraction of sp³-hybridized carbons (Fsp3) is 0.440. The zero-order valence-electron chi connectivity index (χ0n) is 18.2. The van der Waals surface area contributed by atoms with Crippen LogP contribution in [0.1, 0.15) is 74.2 Å². The molecule has 0 aliphatic heterocycles. The first-order valence-electron chi connectivity index (χ1n) is 10.9. The third-order valence-electron chi connectivity index (χ3n) is 4.86. The van der Waals surface area contributed by atoms with Crippen LogP contribution >= 0.6 is 0 Å². The predicted octanol–water partition coefficient (Wildman–Crippen LogP) is 5.98. The van der Waals surface area contributed by atoms with E-state index in [2.05, 4.69) is 17.5 Å². The smallest absolute Gasteiger partial charge is 0.271 e. The molecule has 0 aliphatic rings. The van der Waals surface area contributed by atoms with E-state index in [4.69, 9.17) is 9.47 Å². The van der Waals surface area contributed by atoms with Crippen LogP contribution in [0.5, 0.6) is 11.5 Å². The lowest BCUT2D eigenvalue weighted by Crippen LogP contribution is -2.17. The fourth-order valence-corrected chi connectivity index (χ4v) is 3.08. The molecule has 0 radical (unpaired) electrons. The molecule has 0 saturated carbocycles. The average molecular weight is 411 g/mol. The van der Waals surface area contributed by atoms with E-state index in [0.717, 1.165) is 23.5 Å². The normalized spacial score (nSPS) is 10.9. The van der Waals surface area contributed by atoms with Gasteiger partial charge in [0.05, 0.1) is 19.9 Å². The molecular weight excluding hydrogens is 376 g/mol. The average Bonchev–Trinajstić information content (AvgIpc) is 2.78. The summed E-state index contributed by atoms with van der Waals surface area (Å²) in [5, 5.41) is 4.01. The van der Waals surface area contributed by atoms with E-state index in [1.54, 1.807) is 25.5 Å². The van der Waals surface area contributed by atoms with Gasteiger partial charge in [0.2, 0.25) is 0 Å². The number of methoxy groups -OCH3 is 1. The standard InChI is InChI=1S/C25H34N2O3/c1-3-4-5-6-7-8-9-10-18-30-23-16-14-22(15-17-23)25(28)27-26-20-21-12-11-13-24(19-21)29-2/h11-17,19-20H,3-10,18H2,1-2H3,(H,27,28)/b26-20+. The first-order chi connectivity index (χ1) is 14.7. The summed E-state index contributed by atoms with van der Waals surface area (Å²) >= 11 is 0. The highest BCUT2D eigenvalue weighted by atomic mass is 16.5. The van der Waals surface area contributed by atoms with Gasteiger partial charge in [-0.15, -0.1) is 0 Å². The highest BCUT2D eigenvalue weighted by Crippen LogP contribution is 2.14. The molecule has 30 heavy (non-hydrogen) atoms. The van der Waals surface area contributed by atoms with E-state index < -0.39 is 0 Å². The van der Waals surface area contributed by atoms with Gasteiger partial charge < -0.3 is 9.47 Å². The number of ether oxygens (including phenoxy) is 2. The van der Waals surface area contributed by atoms with Crippen molar-refractivity contribution in [1.82, 2.24) is 5.43 Å². The number of hydrazone groups is 1. The third-order valence-corrected chi connectivity index (χ3v) is 4.86. The zero-order chi connectivity index (χ0) is 21.4. The molecule has 1 N–H and O–H groups in total. The first-order valence-corrected chi connectivity index (χ1v) is 10.9. The Bertz CT molecular complexity index is 772. The maximum atomic E-state index is 12.2. The quantitative estimate of drug-likeness (QED) is 0.237. The van der Waals surface area contributed by atoms with Crippen LogP contribution in [0.2, 0.25) is 0 Å². The number of rotatable bonds is 14. The lowest BCUT2D eigenvalue weighted by Gasteiger charge is -2.07. The molecule has 2 aromatic rings. The Kier molecular flexibility index (Phi) is 11.1. The Morgan fingerprint density at radius 2 is 1.63 bits per heavy atom. The van der Waals surface area contributed by atoms with Crippen LogP contribution in [0, 0.1) is 0 Å². The second-order valence-corrected chi connectivity index (χ2v) is 7.32. The van der Waals surface area contributed by atoms with Crippen LogP contribution in [-0.4, -0.2) is 25.8 Å². The topological polar surface area (TPSA) is 59.9 Å². The van der Waals surface area contributed by atoms with Crippen LogP contribution in [0.4, 0.5) is 0 Å². The van der Waals surface area contributed by atoms with Crippen molar-refractivity contribution in [3.8, 4) is 11.5 Å². The van der Waals surface area contributed by atoms with Gasteiger partial charge in [-0.2, -0.15) is 5.10 Å². The molecule has 162 valence electrons. The second-order valence-electron chi connectivity index (χ2n) is 7.32. The van der Waals surface area contributed by atoms with Crippen LogP contribution in [-0.2, 0) is 0 Å². The van der Waals surface area contributed by atoms with Crippen molar-refractivity contribution in [2.24, 2.45) is 5.10 Å². The summed E-state index contributed by atoms with van der Waals surface area (Å²) in [6, 6.07) is 14.6. The van der Waals surface area contributed by atoms with E-state index in [1.807, 2.05) is 36.4 Å². The summed E-state index contributed by atoms with van der Waals surface area (Å²) in [6.45, 7) is 2.96. The molecule has 0 spiro atoms. The summed E-state index contributed by atoms with van der Waals surface area (Å²) in [7, 11) is 1.61. The zero-order valence-corrected chi connectivity index (χ0v) is 18.2. The Hall–Kier alpha value is -2.82. The molecule has 5 heteroatoms. The van der Waals surface area contributed by atoms with Gasteiger partial charge in [0.1, 0.15) is 11.5 Å². The van der Waals surface area contributed by atoms with Gasteiger partial charge >= 0.3 is 0 Å². The summed E-state index contributed by atoms with van der Waals surface area (Å²) in [5.41, 5.74) is 3.92. The minimum atomic E-state index is -0.260. The lowest BCUT2D eigenvalue weighted by molar-refractivity contribution is 0.0955. The van der Waals surface area contributed by atoms with E-state index in [9.17, 15) is 4.79 Å². The maximum Gasteiger partial charge on any atom is 0.271 e. The van der Waals surface area contributed by atoms with Crippen molar-refractivity contribution in [3.05, 3.63) is 59.7 Å². The Morgan fingerprint density at radius 3 is 2.33 bits per heavy atom. The van der Waals surface area contributed by atoms with Gasteiger partial charge in [0.25, 0.3) is 5.91 Å². The summed E-state index contributed by atoms with van der Waals surface area (Å²) < 4.78 is 10.9. The number of unbranched alkanes of at least 4 members (excludes halogenated alkanes) is 7. The minimum absolute atomic E-state index is 0.260.